The van der Waals surface area contributed by atoms with Crippen molar-refractivity contribution in [1.29, 1.82) is 0 Å². The average Bonchev–Trinajstić information content (AvgIpc) is 2.98. The van der Waals surface area contributed by atoms with E-state index in [1.54, 1.807) is 34.9 Å². The van der Waals surface area contributed by atoms with Crippen molar-refractivity contribution in [3.05, 3.63) is 47.6 Å². The summed E-state index contributed by atoms with van der Waals surface area (Å²) < 4.78 is 1.68. The Bertz CT molecular complexity index is 875. The van der Waals surface area contributed by atoms with Gasteiger partial charge < -0.3 is 4.90 Å². The Morgan fingerprint density at radius 1 is 1.29 bits per heavy atom. The van der Waals surface area contributed by atoms with Gasteiger partial charge in [-0.1, -0.05) is 0 Å². The number of amides is 1. The molecule has 0 bridgehead atoms. The molecule has 0 aliphatic heterocycles. The lowest BCUT2D eigenvalue weighted by molar-refractivity contribution is 0.0728. The van der Waals surface area contributed by atoms with Crippen LogP contribution in [0.4, 0.5) is 0 Å². The van der Waals surface area contributed by atoms with E-state index in [-0.39, 0.29) is 17.8 Å². The Balaban J connectivity index is 1.86. The van der Waals surface area contributed by atoms with Gasteiger partial charge in [0, 0.05) is 49.5 Å². The van der Waals surface area contributed by atoms with E-state index < -0.39 is 0 Å². The molecule has 0 saturated carbocycles. The van der Waals surface area contributed by atoms with Gasteiger partial charge in [0.1, 0.15) is 0 Å². The SMILES string of the molecule is Cc1cc(C)n2c(C(=O)N(C)C(C)Cc3cnccn3)nnc2n1. The first-order valence-corrected chi connectivity index (χ1v) is 7.69. The highest BCUT2D eigenvalue weighted by molar-refractivity contribution is 5.91. The highest BCUT2D eigenvalue weighted by atomic mass is 16.2. The monoisotopic (exact) mass is 325 g/mol. The number of likely N-dealkylation sites (N-methyl/N-ethyl adjacent to an activating group) is 1. The molecule has 24 heavy (non-hydrogen) atoms. The van der Waals surface area contributed by atoms with Crippen molar-refractivity contribution in [2.45, 2.75) is 33.2 Å². The summed E-state index contributed by atoms with van der Waals surface area (Å²) in [4.78, 5) is 27.1. The van der Waals surface area contributed by atoms with Crippen LogP contribution in [-0.2, 0) is 6.42 Å². The zero-order chi connectivity index (χ0) is 17.3. The van der Waals surface area contributed by atoms with Crippen LogP contribution in [0.15, 0.2) is 24.7 Å². The Kier molecular flexibility index (Phi) is 4.20. The van der Waals surface area contributed by atoms with Gasteiger partial charge in [0.05, 0.1) is 5.69 Å². The van der Waals surface area contributed by atoms with Gasteiger partial charge in [0.25, 0.3) is 11.7 Å². The molecule has 3 aromatic heterocycles. The highest BCUT2D eigenvalue weighted by Crippen LogP contribution is 2.12. The van der Waals surface area contributed by atoms with Crippen LogP contribution in [0.3, 0.4) is 0 Å². The van der Waals surface area contributed by atoms with Gasteiger partial charge in [-0.15, -0.1) is 10.2 Å². The first-order valence-electron chi connectivity index (χ1n) is 7.69. The lowest BCUT2D eigenvalue weighted by Crippen LogP contribution is -2.37. The van der Waals surface area contributed by atoms with Gasteiger partial charge in [-0.05, 0) is 26.8 Å². The Hall–Kier alpha value is -2.90. The maximum atomic E-state index is 12.8. The lowest BCUT2D eigenvalue weighted by Gasteiger charge is -2.24. The van der Waals surface area contributed by atoms with Crippen molar-refractivity contribution in [2.24, 2.45) is 0 Å². The Labute approximate surface area is 139 Å². The number of aromatic nitrogens is 6. The van der Waals surface area contributed by atoms with Crippen LogP contribution < -0.4 is 0 Å². The fourth-order valence-electron chi connectivity index (χ4n) is 2.60. The standard InChI is InChI=1S/C16H19N7O/c1-10-7-12(3)23-14(20-21-16(23)19-10)15(24)22(4)11(2)8-13-9-17-5-6-18-13/h5-7,9,11H,8H2,1-4H3. The molecule has 3 heterocycles. The number of nitrogens with zero attached hydrogens (tertiary/aromatic N) is 7. The summed E-state index contributed by atoms with van der Waals surface area (Å²) >= 11 is 0. The molecule has 0 N–H and O–H groups in total. The molecule has 1 unspecified atom stereocenters. The van der Waals surface area contributed by atoms with Crippen molar-refractivity contribution in [3.63, 3.8) is 0 Å². The summed E-state index contributed by atoms with van der Waals surface area (Å²) in [6, 6.07) is 1.84. The molecule has 0 saturated heterocycles. The molecule has 8 heteroatoms. The van der Waals surface area contributed by atoms with Crippen molar-refractivity contribution in [1.82, 2.24) is 34.4 Å². The van der Waals surface area contributed by atoms with Crippen molar-refractivity contribution in [3.8, 4) is 0 Å². The van der Waals surface area contributed by atoms with E-state index in [2.05, 4.69) is 25.1 Å². The molecule has 1 atom stereocenters. The van der Waals surface area contributed by atoms with E-state index in [0.29, 0.717) is 12.2 Å². The number of rotatable bonds is 4. The van der Waals surface area contributed by atoms with Crippen LogP contribution in [0.25, 0.3) is 5.78 Å². The van der Waals surface area contributed by atoms with Crippen molar-refractivity contribution < 1.29 is 4.79 Å². The third kappa shape index (κ3) is 2.94. The Morgan fingerprint density at radius 3 is 2.79 bits per heavy atom. The van der Waals surface area contributed by atoms with Crippen LogP contribution in [0.5, 0.6) is 0 Å². The van der Waals surface area contributed by atoms with Gasteiger partial charge in [0.2, 0.25) is 5.82 Å². The summed E-state index contributed by atoms with van der Waals surface area (Å²) in [7, 11) is 1.75. The molecule has 0 fully saturated rings. The third-order valence-electron chi connectivity index (χ3n) is 3.99. The summed E-state index contributed by atoms with van der Waals surface area (Å²) in [6.45, 7) is 5.76. The average molecular weight is 325 g/mol. The third-order valence-corrected chi connectivity index (χ3v) is 3.99. The minimum atomic E-state index is -0.201. The largest absolute Gasteiger partial charge is 0.336 e. The van der Waals surface area contributed by atoms with Gasteiger partial charge in [0.15, 0.2) is 0 Å². The fourth-order valence-corrected chi connectivity index (χ4v) is 2.60. The number of fused-ring (bicyclic) bond motifs is 1. The predicted molar refractivity (Wildman–Crippen MR) is 87.5 cm³/mol. The van der Waals surface area contributed by atoms with E-state index >= 15 is 0 Å². The maximum absolute atomic E-state index is 12.8. The zero-order valence-electron chi connectivity index (χ0n) is 14.1. The zero-order valence-corrected chi connectivity index (χ0v) is 14.1. The maximum Gasteiger partial charge on any atom is 0.292 e. The van der Waals surface area contributed by atoms with Crippen molar-refractivity contribution in [2.75, 3.05) is 7.05 Å². The van der Waals surface area contributed by atoms with E-state index in [0.717, 1.165) is 17.1 Å². The van der Waals surface area contributed by atoms with E-state index in [4.69, 9.17) is 0 Å². The van der Waals surface area contributed by atoms with Gasteiger partial charge >= 0.3 is 0 Å². The van der Waals surface area contributed by atoms with Crippen LogP contribution in [0.1, 0.15) is 34.6 Å². The lowest BCUT2D eigenvalue weighted by atomic mass is 10.1. The van der Waals surface area contributed by atoms with Crippen LogP contribution >= 0.6 is 0 Å². The fraction of sp³-hybridized carbons (Fsp3) is 0.375. The number of carbonyl (C=O) groups is 1. The van der Waals surface area contributed by atoms with Crippen LogP contribution in [-0.4, -0.2) is 53.4 Å². The van der Waals surface area contributed by atoms with Gasteiger partial charge in [-0.3, -0.25) is 19.2 Å². The molecule has 124 valence electrons. The van der Waals surface area contributed by atoms with Crippen molar-refractivity contribution >= 4 is 11.7 Å². The second-order valence-electron chi connectivity index (χ2n) is 5.86. The minimum absolute atomic E-state index is 0.0553. The first-order chi connectivity index (χ1) is 11.5. The molecule has 1 amide bonds. The number of hydrogen-bond acceptors (Lipinski definition) is 6. The van der Waals surface area contributed by atoms with Crippen LogP contribution in [0.2, 0.25) is 0 Å². The van der Waals surface area contributed by atoms with Crippen LogP contribution in [0, 0.1) is 13.8 Å². The van der Waals surface area contributed by atoms with E-state index in [1.165, 1.54) is 0 Å². The summed E-state index contributed by atoms with van der Waals surface area (Å²) in [5.74, 6) is 0.502. The smallest absolute Gasteiger partial charge is 0.292 e. The molecule has 0 radical (unpaired) electrons. The predicted octanol–water partition coefficient (Wildman–Crippen LogP) is 1.23. The first kappa shape index (κ1) is 16.0. The summed E-state index contributed by atoms with van der Waals surface area (Å²) in [6.07, 6.45) is 5.59. The second-order valence-corrected chi connectivity index (χ2v) is 5.86. The molecule has 8 nitrogen and oxygen atoms in total. The molecule has 0 aliphatic rings. The Morgan fingerprint density at radius 2 is 2.08 bits per heavy atom. The molecule has 0 aromatic carbocycles. The number of hydrogen-bond donors (Lipinski definition) is 0. The molecular weight excluding hydrogens is 306 g/mol. The van der Waals surface area contributed by atoms with Gasteiger partial charge in [-0.2, -0.15) is 0 Å². The highest BCUT2D eigenvalue weighted by Gasteiger charge is 2.24. The summed E-state index contributed by atoms with van der Waals surface area (Å²) in [5, 5.41) is 8.06. The normalized spacial score (nSPS) is 12.3. The topological polar surface area (TPSA) is 89.2 Å². The number of carbonyl (C=O) groups excluding carboxylic acids is 1. The summed E-state index contributed by atoms with van der Waals surface area (Å²) in [5.41, 5.74) is 2.56. The molecular formula is C16H19N7O. The second kappa shape index (κ2) is 6.31. The molecule has 3 aromatic rings. The van der Waals surface area contributed by atoms with E-state index in [9.17, 15) is 4.79 Å². The molecule has 0 spiro atoms. The molecule has 3 rings (SSSR count). The van der Waals surface area contributed by atoms with E-state index in [1.807, 2.05) is 26.8 Å². The number of aryl methyl sites for hydroxylation is 2. The van der Waals surface area contributed by atoms with Gasteiger partial charge in [-0.25, -0.2) is 4.98 Å². The minimum Gasteiger partial charge on any atom is -0.336 e. The molecule has 0 aliphatic carbocycles. The quantitative estimate of drug-likeness (QED) is 0.717.